The standard InChI is InChI=1S/C9H11ClN4O/c1-5-6(2)12-13-9(11-5)14-4-7(10)3-8(14)15/h7H,3-4H2,1-2H3. The number of halogens is 1. The third kappa shape index (κ3) is 1.92. The van der Waals surface area contributed by atoms with Crippen LogP contribution in [0.2, 0.25) is 0 Å². The Bertz CT molecular complexity index is 409. The largest absolute Gasteiger partial charge is 0.278 e. The zero-order chi connectivity index (χ0) is 11.0. The maximum Gasteiger partial charge on any atom is 0.252 e. The lowest BCUT2D eigenvalue weighted by molar-refractivity contribution is -0.117. The minimum absolute atomic E-state index is 0.0416. The summed E-state index contributed by atoms with van der Waals surface area (Å²) in [5.74, 6) is 0.311. The van der Waals surface area contributed by atoms with Gasteiger partial charge in [0.2, 0.25) is 5.91 Å². The summed E-state index contributed by atoms with van der Waals surface area (Å²) >= 11 is 5.88. The van der Waals surface area contributed by atoms with Crippen molar-refractivity contribution < 1.29 is 4.79 Å². The van der Waals surface area contributed by atoms with Crippen molar-refractivity contribution in [3.63, 3.8) is 0 Å². The molecule has 0 aromatic carbocycles. The van der Waals surface area contributed by atoms with Gasteiger partial charge in [0, 0.05) is 13.0 Å². The van der Waals surface area contributed by atoms with Crippen LogP contribution in [-0.4, -0.2) is 33.0 Å². The number of aromatic nitrogens is 3. The highest BCUT2D eigenvalue weighted by atomic mass is 35.5. The molecule has 5 nitrogen and oxygen atoms in total. The van der Waals surface area contributed by atoms with E-state index in [4.69, 9.17) is 11.6 Å². The van der Waals surface area contributed by atoms with Crippen LogP contribution in [0.15, 0.2) is 0 Å². The molecule has 1 aliphatic rings. The molecule has 0 spiro atoms. The lowest BCUT2D eigenvalue weighted by Gasteiger charge is -2.13. The molecule has 1 atom stereocenters. The van der Waals surface area contributed by atoms with Gasteiger partial charge in [-0.2, -0.15) is 5.10 Å². The summed E-state index contributed by atoms with van der Waals surface area (Å²) < 4.78 is 0. The fourth-order valence-corrected chi connectivity index (χ4v) is 1.69. The number of hydrogen-bond donors (Lipinski definition) is 0. The monoisotopic (exact) mass is 226 g/mol. The molecule has 6 heteroatoms. The zero-order valence-electron chi connectivity index (χ0n) is 8.57. The van der Waals surface area contributed by atoms with Crippen molar-refractivity contribution in [2.24, 2.45) is 0 Å². The van der Waals surface area contributed by atoms with Gasteiger partial charge in [-0.25, -0.2) is 4.98 Å². The molecule has 1 aromatic heterocycles. The first kappa shape index (κ1) is 10.3. The molecular weight excluding hydrogens is 216 g/mol. The average molecular weight is 227 g/mol. The molecule has 0 N–H and O–H groups in total. The number of amides is 1. The van der Waals surface area contributed by atoms with E-state index in [1.165, 1.54) is 4.90 Å². The van der Waals surface area contributed by atoms with Crippen LogP contribution in [0.25, 0.3) is 0 Å². The van der Waals surface area contributed by atoms with Gasteiger partial charge < -0.3 is 0 Å². The summed E-state index contributed by atoms with van der Waals surface area (Å²) in [6.07, 6.45) is 0.345. The van der Waals surface area contributed by atoms with Crippen LogP contribution >= 0.6 is 11.6 Å². The Hall–Kier alpha value is -1.23. The summed E-state index contributed by atoms with van der Waals surface area (Å²) in [4.78, 5) is 17.2. The Morgan fingerprint density at radius 3 is 2.60 bits per heavy atom. The SMILES string of the molecule is Cc1nnc(N2CC(Cl)CC2=O)nc1C. The Morgan fingerprint density at radius 2 is 2.07 bits per heavy atom. The van der Waals surface area contributed by atoms with Gasteiger partial charge in [0.15, 0.2) is 0 Å². The van der Waals surface area contributed by atoms with E-state index in [9.17, 15) is 4.79 Å². The van der Waals surface area contributed by atoms with Gasteiger partial charge in [0.05, 0.1) is 16.8 Å². The fourth-order valence-electron chi connectivity index (χ4n) is 1.42. The first-order valence-corrected chi connectivity index (χ1v) is 5.14. The third-order valence-corrected chi connectivity index (χ3v) is 2.69. The minimum atomic E-state index is -0.150. The van der Waals surface area contributed by atoms with Gasteiger partial charge >= 0.3 is 0 Å². The van der Waals surface area contributed by atoms with Gasteiger partial charge in [0.1, 0.15) is 0 Å². The molecule has 1 fully saturated rings. The van der Waals surface area contributed by atoms with E-state index in [2.05, 4.69) is 15.2 Å². The van der Waals surface area contributed by atoms with E-state index in [1.807, 2.05) is 13.8 Å². The number of alkyl halides is 1. The molecule has 1 aromatic rings. The predicted octanol–water partition coefficient (Wildman–Crippen LogP) is 0.833. The zero-order valence-corrected chi connectivity index (χ0v) is 9.32. The number of nitrogens with zero attached hydrogens (tertiary/aromatic N) is 4. The van der Waals surface area contributed by atoms with Crippen molar-refractivity contribution >= 4 is 23.5 Å². The van der Waals surface area contributed by atoms with E-state index in [0.29, 0.717) is 18.9 Å². The van der Waals surface area contributed by atoms with Gasteiger partial charge in [-0.15, -0.1) is 16.7 Å². The molecule has 0 saturated carbocycles. The maximum absolute atomic E-state index is 11.5. The smallest absolute Gasteiger partial charge is 0.252 e. The van der Waals surface area contributed by atoms with Crippen molar-refractivity contribution in [1.29, 1.82) is 0 Å². The third-order valence-electron chi connectivity index (χ3n) is 2.40. The summed E-state index contributed by atoms with van der Waals surface area (Å²) in [5.41, 5.74) is 1.55. The number of anilines is 1. The summed E-state index contributed by atoms with van der Waals surface area (Å²) in [6, 6.07) is 0. The van der Waals surface area contributed by atoms with Crippen LogP contribution in [-0.2, 0) is 4.79 Å². The van der Waals surface area contributed by atoms with Crippen LogP contribution in [0.5, 0.6) is 0 Å². The van der Waals surface area contributed by atoms with Crippen LogP contribution in [0.1, 0.15) is 17.8 Å². The second kappa shape index (κ2) is 3.73. The number of hydrogen-bond acceptors (Lipinski definition) is 4. The van der Waals surface area contributed by atoms with Crippen molar-refractivity contribution in [3.8, 4) is 0 Å². The van der Waals surface area contributed by atoms with Crippen molar-refractivity contribution in [1.82, 2.24) is 15.2 Å². The summed E-state index contributed by atoms with van der Waals surface area (Å²) in [7, 11) is 0. The molecule has 2 heterocycles. The topological polar surface area (TPSA) is 59.0 Å². The van der Waals surface area contributed by atoms with Crippen LogP contribution in [0.3, 0.4) is 0 Å². The first-order valence-electron chi connectivity index (χ1n) is 4.70. The number of carbonyl (C=O) groups is 1. The van der Waals surface area contributed by atoms with E-state index in [0.717, 1.165) is 11.4 Å². The minimum Gasteiger partial charge on any atom is -0.278 e. The number of aryl methyl sites for hydroxylation is 2. The molecule has 1 saturated heterocycles. The van der Waals surface area contributed by atoms with Gasteiger partial charge in [-0.05, 0) is 13.8 Å². The molecule has 1 unspecified atom stereocenters. The fraction of sp³-hybridized carbons (Fsp3) is 0.556. The van der Waals surface area contributed by atoms with Crippen LogP contribution in [0, 0.1) is 13.8 Å². The van der Waals surface area contributed by atoms with Gasteiger partial charge in [-0.1, -0.05) is 0 Å². The van der Waals surface area contributed by atoms with Crippen molar-refractivity contribution in [2.75, 3.05) is 11.4 Å². The Balaban J connectivity index is 2.30. The second-order valence-electron chi connectivity index (χ2n) is 3.59. The van der Waals surface area contributed by atoms with E-state index in [1.54, 1.807) is 0 Å². The molecular formula is C9H11ClN4O. The van der Waals surface area contributed by atoms with Crippen molar-refractivity contribution in [3.05, 3.63) is 11.4 Å². The molecule has 0 radical (unpaired) electrons. The molecule has 15 heavy (non-hydrogen) atoms. The Labute approximate surface area is 92.5 Å². The van der Waals surface area contributed by atoms with Gasteiger partial charge in [0.25, 0.3) is 5.95 Å². The van der Waals surface area contributed by atoms with E-state index >= 15 is 0 Å². The highest BCUT2D eigenvalue weighted by molar-refractivity contribution is 6.24. The Morgan fingerprint density at radius 1 is 1.33 bits per heavy atom. The average Bonchev–Trinajstić information content (AvgIpc) is 2.50. The predicted molar refractivity (Wildman–Crippen MR) is 55.9 cm³/mol. The van der Waals surface area contributed by atoms with E-state index in [-0.39, 0.29) is 11.3 Å². The van der Waals surface area contributed by atoms with Crippen LogP contribution in [0.4, 0.5) is 5.95 Å². The molecule has 1 amide bonds. The molecule has 1 aliphatic heterocycles. The number of rotatable bonds is 1. The highest BCUT2D eigenvalue weighted by Gasteiger charge is 2.31. The molecule has 0 aliphatic carbocycles. The first-order chi connectivity index (χ1) is 7.08. The van der Waals surface area contributed by atoms with Gasteiger partial charge in [-0.3, -0.25) is 9.69 Å². The molecule has 2 rings (SSSR count). The summed E-state index contributed by atoms with van der Waals surface area (Å²) in [5, 5.41) is 7.67. The summed E-state index contributed by atoms with van der Waals surface area (Å²) in [6.45, 7) is 4.13. The quantitative estimate of drug-likeness (QED) is 0.666. The second-order valence-corrected chi connectivity index (χ2v) is 4.21. The molecule has 0 bridgehead atoms. The number of carbonyl (C=O) groups excluding carboxylic acids is 1. The normalized spacial score (nSPS) is 21.1. The van der Waals surface area contributed by atoms with Crippen LogP contribution < -0.4 is 4.90 Å². The van der Waals surface area contributed by atoms with Crippen molar-refractivity contribution in [2.45, 2.75) is 25.6 Å². The van der Waals surface area contributed by atoms with E-state index < -0.39 is 0 Å². The maximum atomic E-state index is 11.5. The lowest BCUT2D eigenvalue weighted by atomic mass is 10.4. The highest BCUT2D eigenvalue weighted by Crippen LogP contribution is 2.20. The molecule has 80 valence electrons. The lowest BCUT2D eigenvalue weighted by Crippen LogP contribution is -2.27. The Kier molecular flexibility index (Phi) is 2.56.